The van der Waals surface area contributed by atoms with Crippen molar-refractivity contribution in [2.45, 2.75) is 38.5 Å². The van der Waals surface area contributed by atoms with Crippen LogP contribution in [0.25, 0.3) is 0 Å². The summed E-state index contributed by atoms with van der Waals surface area (Å²) in [5.41, 5.74) is 1.43. The van der Waals surface area contributed by atoms with E-state index in [0.29, 0.717) is 5.92 Å². The number of hydrogen-bond acceptors (Lipinski definition) is 2. The van der Waals surface area contributed by atoms with Gasteiger partial charge in [0.25, 0.3) is 0 Å². The molecule has 1 atom stereocenters. The maximum absolute atomic E-state index is 3.40. The molecular weight excluding hydrogens is 226 g/mol. The van der Waals surface area contributed by atoms with E-state index in [-0.39, 0.29) is 0 Å². The summed E-state index contributed by atoms with van der Waals surface area (Å²) < 4.78 is 0. The lowest BCUT2D eigenvalue weighted by molar-refractivity contribution is 0.574. The van der Waals surface area contributed by atoms with E-state index in [1.54, 1.807) is 0 Å². The third-order valence-electron chi connectivity index (χ3n) is 2.82. The Hall–Kier alpha value is -0.470. The lowest BCUT2D eigenvalue weighted by atomic mass is 10.0. The Kier molecular flexibility index (Phi) is 6.68. The lowest BCUT2D eigenvalue weighted by Gasteiger charge is -2.12. The molecule has 1 aromatic rings. The van der Waals surface area contributed by atoms with Crippen molar-refractivity contribution in [2.75, 3.05) is 18.8 Å². The second kappa shape index (κ2) is 7.78. The van der Waals surface area contributed by atoms with Crippen molar-refractivity contribution in [2.24, 2.45) is 5.92 Å². The normalized spacial score (nSPS) is 13.0. The molecule has 0 radical (unpaired) electrons. The van der Waals surface area contributed by atoms with Gasteiger partial charge in [-0.3, -0.25) is 0 Å². The van der Waals surface area contributed by atoms with Crippen molar-refractivity contribution in [3.05, 3.63) is 29.8 Å². The van der Waals surface area contributed by atoms with Gasteiger partial charge in [0.15, 0.2) is 0 Å². The zero-order chi connectivity index (χ0) is 12.7. The SMILES string of the molecule is CCNCC(C)CSc1ccc(C(C)C)cc1. The lowest BCUT2D eigenvalue weighted by Crippen LogP contribution is -2.21. The van der Waals surface area contributed by atoms with Gasteiger partial charge in [-0.1, -0.05) is 39.8 Å². The molecule has 0 saturated heterocycles. The molecule has 1 N–H and O–H groups in total. The van der Waals surface area contributed by atoms with Gasteiger partial charge in [-0.25, -0.2) is 0 Å². The van der Waals surface area contributed by atoms with Crippen molar-refractivity contribution in [1.29, 1.82) is 0 Å². The average molecular weight is 251 g/mol. The molecular formula is C15H25NS. The molecule has 0 heterocycles. The number of rotatable bonds is 7. The van der Waals surface area contributed by atoms with Crippen LogP contribution >= 0.6 is 11.8 Å². The molecule has 0 aliphatic carbocycles. The quantitative estimate of drug-likeness (QED) is 0.731. The van der Waals surface area contributed by atoms with Gasteiger partial charge >= 0.3 is 0 Å². The van der Waals surface area contributed by atoms with Gasteiger partial charge in [-0.2, -0.15) is 0 Å². The molecule has 0 aliphatic heterocycles. The minimum absolute atomic E-state index is 0.627. The summed E-state index contributed by atoms with van der Waals surface area (Å²) in [4.78, 5) is 1.39. The van der Waals surface area contributed by atoms with Crippen molar-refractivity contribution < 1.29 is 0 Å². The van der Waals surface area contributed by atoms with E-state index in [1.807, 2.05) is 11.8 Å². The molecule has 0 aliphatic rings. The maximum atomic E-state index is 3.40. The van der Waals surface area contributed by atoms with Crippen molar-refractivity contribution in [3.8, 4) is 0 Å². The number of benzene rings is 1. The molecule has 2 heteroatoms. The van der Waals surface area contributed by atoms with Crippen LogP contribution in [0.2, 0.25) is 0 Å². The molecule has 0 bridgehead atoms. The van der Waals surface area contributed by atoms with E-state index in [9.17, 15) is 0 Å². The Morgan fingerprint density at radius 2 is 1.76 bits per heavy atom. The van der Waals surface area contributed by atoms with Gasteiger partial charge in [0.05, 0.1) is 0 Å². The highest BCUT2D eigenvalue weighted by Crippen LogP contribution is 2.23. The molecule has 1 unspecified atom stereocenters. The van der Waals surface area contributed by atoms with E-state index in [4.69, 9.17) is 0 Å². The van der Waals surface area contributed by atoms with Crippen LogP contribution in [-0.4, -0.2) is 18.8 Å². The Balaban J connectivity index is 2.36. The molecule has 0 fully saturated rings. The first-order valence-electron chi connectivity index (χ1n) is 6.57. The summed E-state index contributed by atoms with van der Waals surface area (Å²) in [5.74, 6) is 2.54. The van der Waals surface area contributed by atoms with Crippen LogP contribution in [-0.2, 0) is 0 Å². The van der Waals surface area contributed by atoms with E-state index in [2.05, 4.69) is 57.3 Å². The third kappa shape index (κ3) is 5.60. The van der Waals surface area contributed by atoms with Crippen molar-refractivity contribution in [1.82, 2.24) is 5.32 Å². The first kappa shape index (κ1) is 14.6. The van der Waals surface area contributed by atoms with Gasteiger partial charge in [-0.15, -0.1) is 11.8 Å². The second-order valence-electron chi connectivity index (χ2n) is 4.95. The number of thioether (sulfide) groups is 1. The van der Waals surface area contributed by atoms with E-state index < -0.39 is 0 Å². The molecule has 1 nitrogen and oxygen atoms in total. The maximum Gasteiger partial charge on any atom is 0.00722 e. The molecule has 0 aromatic heterocycles. The first-order chi connectivity index (χ1) is 8.13. The highest BCUT2D eigenvalue weighted by Gasteiger charge is 2.03. The predicted octanol–water partition coefficient (Wildman–Crippen LogP) is 4.15. The zero-order valence-corrected chi connectivity index (χ0v) is 12.3. The summed E-state index contributed by atoms with van der Waals surface area (Å²) in [5, 5.41) is 3.40. The zero-order valence-electron chi connectivity index (χ0n) is 11.5. The van der Waals surface area contributed by atoms with E-state index >= 15 is 0 Å². The Morgan fingerprint density at radius 3 is 2.29 bits per heavy atom. The Labute approximate surface area is 110 Å². The van der Waals surface area contributed by atoms with Crippen LogP contribution in [0.15, 0.2) is 29.2 Å². The fourth-order valence-corrected chi connectivity index (χ4v) is 2.56. The molecule has 0 saturated carbocycles. The van der Waals surface area contributed by atoms with Crippen LogP contribution < -0.4 is 5.32 Å². The van der Waals surface area contributed by atoms with Gasteiger partial charge in [0.2, 0.25) is 0 Å². The van der Waals surface area contributed by atoms with Crippen LogP contribution in [0.5, 0.6) is 0 Å². The van der Waals surface area contributed by atoms with Gasteiger partial charge in [0.1, 0.15) is 0 Å². The summed E-state index contributed by atoms with van der Waals surface area (Å²) in [7, 11) is 0. The van der Waals surface area contributed by atoms with Crippen LogP contribution in [0.3, 0.4) is 0 Å². The number of hydrogen-bond donors (Lipinski definition) is 1. The van der Waals surface area contributed by atoms with Crippen LogP contribution in [0, 0.1) is 5.92 Å². The van der Waals surface area contributed by atoms with Crippen molar-refractivity contribution in [3.63, 3.8) is 0 Å². The van der Waals surface area contributed by atoms with Crippen LogP contribution in [0.4, 0.5) is 0 Å². The predicted molar refractivity (Wildman–Crippen MR) is 79.0 cm³/mol. The Morgan fingerprint density at radius 1 is 1.12 bits per heavy atom. The fraction of sp³-hybridized carbons (Fsp3) is 0.600. The second-order valence-corrected chi connectivity index (χ2v) is 6.04. The van der Waals surface area contributed by atoms with E-state index in [1.165, 1.54) is 16.2 Å². The van der Waals surface area contributed by atoms with Gasteiger partial charge in [-0.05, 0) is 42.6 Å². The molecule has 0 amide bonds. The highest BCUT2D eigenvalue weighted by molar-refractivity contribution is 7.99. The largest absolute Gasteiger partial charge is 0.317 e. The molecule has 1 aromatic carbocycles. The monoisotopic (exact) mass is 251 g/mol. The minimum Gasteiger partial charge on any atom is -0.317 e. The van der Waals surface area contributed by atoms with E-state index in [0.717, 1.165) is 19.0 Å². The summed E-state index contributed by atoms with van der Waals surface area (Å²) in [6, 6.07) is 9.00. The smallest absolute Gasteiger partial charge is 0.00722 e. The topological polar surface area (TPSA) is 12.0 Å². The molecule has 96 valence electrons. The minimum atomic E-state index is 0.627. The van der Waals surface area contributed by atoms with Gasteiger partial charge < -0.3 is 5.32 Å². The number of nitrogens with one attached hydrogen (secondary N) is 1. The fourth-order valence-electron chi connectivity index (χ4n) is 1.64. The average Bonchev–Trinajstić information content (AvgIpc) is 2.34. The Bertz CT molecular complexity index is 305. The first-order valence-corrected chi connectivity index (χ1v) is 7.55. The molecule has 1 rings (SSSR count). The third-order valence-corrected chi connectivity index (χ3v) is 4.17. The summed E-state index contributed by atoms with van der Waals surface area (Å²) in [6.07, 6.45) is 0. The van der Waals surface area contributed by atoms with Crippen molar-refractivity contribution >= 4 is 11.8 Å². The van der Waals surface area contributed by atoms with Crippen LogP contribution in [0.1, 0.15) is 39.2 Å². The summed E-state index contributed by atoms with van der Waals surface area (Å²) >= 11 is 1.96. The van der Waals surface area contributed by atoms with Gasteiger partial charge in [0, 0.05) is 10.6 Å². The highest BCUT2D eigenvalue weighted by atomic mass is 32.2. The molecule has 17 heavy (non-hydrogen) atoms. The summed E-state index contributed by atoms with van der Waals surface area (Å²) in [6.45, 7) is 11.1. The standard InChI is InChI=1S/C15H25NS/c1-5-16-10-13(4)11-17-15-8-6-14(7-9-15)12(2)3/h6-9,12-13,16H,5,10-11H2,1-4H3. The molecule has 0 spiro atoms.